The Kier molecular flexibility index (Phi) is 5.83. The van der Waals surface area contributed by atoms with Gasteiger partial charge in [0.2, 0.25) is 5.91 Å². The van der Waals surface area contributed by atoms with Crippen molar-refractivity contribution in [3.05, 3.63) is 0 Å². The molecule has 0 unspecified atom stereocenters. The maximum atomic E-state index is 11.3. The quantitative estimate of drug-likeness (QED) is 0.280. The Labute approximate surface area is 108 Å². The van der Waals surface area contributed by atoms with E-state index in [0.717, 1.165) is 0 Å². The third-order valence-corrected chi connectivity index (χ3v) is 2.93. The zero-order valence-corrected chi connectivity index (χ0v) is 10.8. The van der Waals surface area contributed by atoms with Crippen molar-refractivity contribution in [2.75, 3.05) is 13.2 Å². The van der Waals surface area contributed by atoms with Crippen LogP contribution in [0.4, 0.5) is 0 Å². The lowest BCUT2D eigenvalue weighted by Crippen LogP contribution is -2.44. The molecule has 7 N–H and O–H groups in total. The van der Waals surface area contributed by atoms with E-state index in [1.54, 1.807) is 0 Å². The van der Waals surface area contributed by atoms with Gasteiger partial charge in [0.25, 0.3) is 0 Å². The second-order valence-electron chi connectivity index (χ2n) is 3.97. The molecule has 112 valence electrons. The highest BCUT2D eigenvalue weighted by Gasteiger charge is 2.44. The van der Waals surface area contributed by atoms with E-state index in [4.69, 9.17) is 20.3 Å². The second kappa shape index (κ2) is 6.73. The molecule has 0 bridgehead atoms. The second-order valence-corrected chi connectivity index (χ2v) is 5.21. The predicted octanol–water partition coefficient (Wildman–Crippen LogP) is -2.99. The monoisotopic (exact) mass is 300 g/mol. The molecule has 4 atom stereocenters. The molecule has 1 fully saturated rings. The highest BCUT2D eigenvalue weighted by atomic mass is 31.2. The van der Waals surface area contributed by atoms with Crippen LogP contribution in [0.3, 0.4) is 0 Å². The molecule has 10 nitrogen and oxygen atoms in total. The number of ether oxygens (including phenoxy) is 1. The molecule has 0 radical (unpaired) electrons. The number of aliphatic hydroxyl groups excluding tert-OH is 2. The van der Waals surface area contributed by atoms with Gasteiger partial charge in [-0.3, -0.25) is 9.32 Å². The first kappa shape index (κ1) is 16.5. The Morgan fingerprint density at radius 2 is 2.00 bits per heavy atom. The molecule has 0 aromatic heterocycles. The van der Waals surface area contributed by atoms with E-state index in [0.29, 0.717) is 0 Å². The van der Waals surface area contributed by atoms with Crippen LogP contribution in [-0.4, -0.2) is 63.6 Å². The fourth-order valence-corrected chi connectivity index (χ4v) is 1.88. The van der Waals surface area contributed by atoms with Crippen LogP contribution in [0.1, 0.15) is 6.42 Å². The van der Waals surface area contributed by atoms with Gasteiger partial charge in [0.15, 0.2) is 6.23 Å². The summed E-state index contributed by atoms with van der Waals surface area (Å²) in [5.41, 5.74) is 5.17. The van der Waals surface area contributed by atoms with Crippen LogP contribution in [0, 0.1) is 0 Å². The van der Waals surface area contributed by atoms with Crippen LogP contribution in [0.5, 0.6) is 0 Å². The molecule has 1 aliphatic rings. The number of phosphoric ester groups is 1. The van der Waals surface area contributed by atoms with Crippen LogP contribution < -0.4 is 11.1 Å². The van der Waals surface area contributed by atoms with Crippen LogP contribution in [0.2, 0.25) is 0 Å². The molecule has 1 saturated heterocycles. The van der Waals surface area contributed by atoms with Gasteiger partial charge < -0.3 is 35.8 Å². The normalized spacial score (nSPS) is 31.4. The topological polar surface area (TPSA) is 172 Å². The Bertz CT molecular complexity index is 361. The van der Waals surface area contributed by atoms with Gasteiger partial charge in [0.1, 0.15) is 18.3 Å². The van der Waals surface area contributed by atoms with Gasteiger partial charge in [-0.2, -0.15) is 0 Å². The number of phosphoric acid groups is 1. The number of nitrogens with two attached hydrogens (primary N) is 1. The molecule has 11 heteroatoms. The summed E-state index contributed by atoms with van der Waals surface area (Å²) in [5.74, 6) is -0.477. The van der Waals surface area contributed by atoms with Gasteiger partial charge in [0.05, 0.1) is 6.61 Å². The van der Waals surface area contributed by atoms with Crippen molar-refractivity contribution in [1.29, 1.82) is 0 Å². The van der Waals surface area contributed by atoms with Gasteiger partial charge in [-0.25, -0.2) is 4.57 Å². The molecule has 1 heterocycles. The van der Waals surface area contributed by atoms with E-state index in [2.05, 4.69) is 9.84 Å². The number of carbonyl (C=O) groups is 1. The summed E-state index contributed by atoms with van der Waals surface area (Å²) in [6.45, 7) is -0.506. The zero-order valence-electron chi connectivity index (χ0n) is 9.88. The molecular weight excluding hydrogens is 283 g/mol. The summed E-state index contributed by atoms with van der Waals surface area (Å²) >= 11 is 0. The van der Waals surface area contributed by atoms with Gasteiger partial charge in [0, 0.05) is 13.0 Å². The van der Waals surface area contributed by atoms with Crippen LogP contribution in [0.15, 0.2) is 0 Å². The van der Waals surface area contributed by atoms with Gasteiger partial charge in [-0.05, 0) is 0 Å². The smallest absolute Gasteiger partial charge is 0.387 e. The lowest BCUT2D eigenvalue weighted by Gasteiger charge is -2.16. The maximum Gasteiger partial charge on any atom is 0.469 e. The summed E-state index contributed by atoms with van der Waals surface area (Å²) in [6.07, 6.45) is -5.18. The fraction of sp³-hybridized carbons (Fsp3) is 0.875. The number of aliphatic hydroxyl groups is 2. The summed E-state index contributed by atoms with van der Waals surface area (Å²) in [7, 11) is -4.70. The summed E-state index contributed by atoms with van der Waals surface area (Å²) in [5, 5.41) is 21.5. The zero-order chi connectivity index (χ0) is 14.6. The van der Waals surface area contributed by atoms with Crippen molar-refractivity contribution < 1.29 is 38.6 Å². The Morgan fingerprint density at radius 1 is 1.37 bits per heavy atom. The van der Waals surface area contributed by atoms with Crippen LogP contribution >= 0.6 is 7.82 Å². The fourth-order valence-electron chi connectivity index (χ4n) is 1.54. The SMILES string of the molecule is NCCC(=O)N[C@@H]1O[C@H](COP(=O)(O)O)[C@@H](O)[C@H]1O. The van der Waals surface area contributed by atoms with Gasteiger partial charge >= 0.3 is 7.82 Å². The van der Waals surface area contributed by atoms with E-state index in [1.807, 2.05) is 0 Å². The maximum absolute atomic E-state index is 11.3. The number of carbonyl (C=O) groups excluding carboxylic acids is 1. The highest BCUT2D eigenvalue weighted by Crippen LogP contribution is 2.37. The molecule has 1 amide bonds. The molecule has 0 aromatic rings. The first-order chi connectivity index (χ1) is 8.74. The molecular formula is C8H17N2O8P. The Balaban J connectivity index is 2.51. The van der Waals surface area contributed by atoms with E-state index < -0.39 is 44.9 Å². The van der Waals surface area contributed by atoms with Crippen molar-refractivity contribution in [1.82, 2.24) is 5.32 Å². The number of amides is 1. The third-order valence-electron chi connectivity index (χ3n) is 2.44. The van der Waals surface area contributed by atoms with Crippen molar-refractivity contribution in [2.45, 2.75) is 31.0 Å². The van der Waals surface area contributed by atoms with Crippen LogP contribution in [0.25, 0.3) is 0 Å². The van der Waals surface area contributed by atoms with Crippen LogP contribution in [-0.2, 0) is 18.6 Å². The van der Waals surface area contributed by atoms with Gasteiger partial charge in [-0.15, -0.1) is 0 Å². The molecule has 19 heavy (non-hydrogen) atoms. The predicted molar refractivity (Wildman–Crippen MR) is 60.5 cm³/mol. The molecule has 0 saturated carbocycles. The van der Waals surface area contributed by atoms with Crippen molar-refractivity contribution in [2.24, 2.45) is 5.73 Å². The molecule has 0 spiro atoms. The lowest BCUT2D eigenvalue weighted by molar-refractivity contribution is -0.127. The number of hydrogen-bond donors (Lipinski definition) is 6. The van der Waals surface area contributed by atoms with E-state index in [9.17, 15) is 19.6 Å². The highest BCUT2D eigenvalue weighted by molar-refractivity contribution is 7.46. The number of hydrogen-bond acceptors (Lipinski definition) is 7. The Morgan fingerprint density at radius 3 is 2.53 bits per heavy atom. The minimum absolute atomic E-state index is 0.0202. The lowest BCUT2D eigenvalue weighted by atomic mass is 10.1. The van der Waals surface area contributed by atoms with E-state index in [-0.39, 0.29) is 13.0 Å². The summed E-state index contributed by atoms with van der Waals surface area (Å²) in [4.78, 5) is 28.3. The third kappa shape index (κ3) is 5.13. The number of nitrogens with one attached hydrogen (secondary N) is 1. The standard InChI is InChI=1S/C8H17N2O8P/c9-2-1-5(11)10-8-7(13)6(12)4(18-8)3-17-19(14,15)16/h4,6-8,12-13H,1-3,9H2,(H,10,11)(H2,14,15,16)/t4-,6-,7-,8-/m1/s1. The molecule has 0 aliphatic carbocycles. The van der Waals surface area contributed by atoms with Crippen molar-refractivity contribution in [3.63, 3.8) is 0 Å². The summed E-state index contributed by atoms with van der Waals surface area (Å²) in [6, 6.07) is 0. The minimum Gasteiger partial charge on any atom is -0.387 e. The molecule has 0 aromatic carbocycles. The first-order valence-corrected chi connectivity index (χ1v) is 6.98. The largest absolute Gasteiger partial charge is 0.469 e. The number of rotatable bonds is 6. The van der Waals surface area contributed by atoms with E-state index in [1.165, 1.54) is 0 Å². The Hall–Kier alpha value is -0.580. The average Bonchev–Trinajstić information content (AvgIpc) is 2.54. The molecule has 1 rings (SSSR count). The average molecular weight is 300 g/mol. The molecule has 1 aliphatic heterocycles. The van der Waals surface area contributed by atoms with Gasteiger partial charge in [-0.1, -0.05) is 0 Å². The van der Waals surface area contributed by atoms with Crippen molar-refractivity contribution in [3.8, 4) is 0 Å². The van der Waals surface area contributed by atoms with Crippen molar-refractivity contribution >= 4 is 13.7 Å². The van der Waals surface area contributed by atoms with E-state index >= 15 is 0 Å². The first-order valence-electron chi connectivity index (χ1n) is 5.45. The summed E-state index contributed by atoms with van der Waals surface area (Å²) < 4.78 is 19.7. The minimum atomic E-state index is -4.70.